The lowest BCUT2D eigenvalue weighted by atomic mass is 10.0. The zero-order valence-corrected chi connectivity index (χ0v) is 12.7. The fourth-order valence-corrected chi connectivity index (χ4v) is 2.86. The first-order chi connectivity index (χ1) is 9.61. The monoisotopic (exact) mass is 290 g/mol. The number of rotatable bonds is 5. The van der Waals surface area contributed by atoms with E-state index in [2.05, 4.69) is 24.1 Å². The van der Waals surface area contributed by atoms with Crippen molar-refractivity contribution in [1.29, 1.82) is 0 Å². The van der Waals surface area contributed by atoms with E-state index in [0.29, 0.717) is 18.3 Å². The van der Waals surface area contributed by atoms with Crippen molar-refractivity contribution >= 4 is 17.2 Å². The third kappa shape index (κ3) is 3.36. The van der Waals surface area contributed by atoms with Crippen molar-refractivity contribution in [2.75, 3.05) is 7.11 Å². The van der Waals surface area contributed by atoms with Crippen LogP contribution in [0.5, 0.6) is 5.88 Å². The molecule has 0 fully saturated rings. The van der Waals surface area contributed by atoms with Gasteiger partial charge in [0.2, 0.25) is 5.88 Å². The van der Waals surface area contributed by atoms with Crippen molar-refractivity contribution in [3.8, 4) is 5.88 Å². The van der Waals surface area contributed by atoms with Gasteiger partial charge in [0.25, 0.3) is 5.91 Å². The van der Waals surface area contributed by atoms with E-state index in [9.17, 15) is 4.79 Å². The van der Waals surface area contributed by atoms with Gasteiger partial charge in [-0.05, 0) is 34.6 Å². The van der Waals surface area contributed by atoms with Crippen LogP contribution in [0.4, 0.5) is 0 Å². The Kier molecular flexibility index (Phi) is 4.74. The van der Waals surface area contributed by atoms with E-state index in [1.54, 1.807) is 13.3 Å². The van der Waals surface area contributed by atoms with Crippen molar-refractivity contribution < 1.29 is 9.53 Å². The Balaban J connectivity index is 2.03. The molecule has 0 aromatic carbocycles. The summed E-state index contributed by atoms with van der Waals surface area (Å²) in [7, 11) is 1.57. The second-order valence-corrected chi connectivity index (χ2v) is 5.67. The minimum absolute atomic E-state index is 0.0283. The zero-order chi connectivity index (χ0) is 14.5. The van der Waals surface area contributed by atoms with Crippen LogP contribution in [0, 0.1) is 0 Å². The van der Waals surface area contributed by atoms with Gasteiger partial charge in [0.15, 0.2) is 0 Å². The molecule has 0 aliphatic carbocycles. The molecule has 2 rings (SSSR count). The average molecular weight is 290 g/mol. The molecular weight excluding hydrogens is 272 g/mol. The van der Waals surface area contributed by atoms with Crippen LogP contribution in [0.1, 0.15) is 40.6 Å². The molecule has 0 unspecified atom stereocenters. The first-order valence-electron chi connectivity index (χ1n) is 6.46. The summed E-state index contributed by atoms with van der Waals surface area (Å²) in [5, 5.41) is 4.89. The normalized spacial score (nSPS) is 10.6. The van der Waals surface area contributed by atoms with Gasteiger partial charge < -0.3 is 10.1 Å². The highest BCUT2D eigenvalue weighted by atomic mass is 32.1. The molecule has 0 aliphatic heterocycles. The van der Waals surface area contributed by atoms with Crippen LogP contribution >= 0.6 is 11.3 Å². The molecule has 0 saturated heterocycles. The Morgan fingerprint density at radius 3 is 2.95 bits per heavy atom. The predicted octanol–water partition coefficient (Wildman–Crippen LogP) is 3.21. The van der Waals surface area contributed by atoms with Crippen molar-refractivity contribution in [3.63, 3.8) is 0 Å². The molecule has 0 spiro atoms. The van der Waals surface area contributed by atoms with E-state index in [1.165, 1.54) is 11.3 Å². The van der Waals surface area contributed by atoms with E-state index in [-0.39, 0.29) is 5.91 Å². The van der Waals surface area contributed by atoms with Gasteiger partial charge in [-0.15, -0.1) is 11.3 Å². The second-order valence-electron chi connectivity index (χ2n) is 4.75. The zero-order valence-electron chi connectivity index (χ0n) is 11.8. The van der Waals surface area contributed by atoms with Crippen LogP contribution in [-0.4, -0.2) is 18.0 Å². The Morgan fingerprint density at radius 2 is 2.25 bits per heavy atom. The van der Waals surface area contributed by atoms with Gasteiger partial charge >= 0.3 is 0 Å². The first-order valence-corrected chi connectivity index (χ1v) is 7.34. The molecule has 2 heterocycles. The minimum Gasteiger partial charge on any atom is -0.481 e. The SMILES string of the molecule is COc1cc(CNC(=O)c2sccc2C(C)C)ccn1. The molecule has 2 aromatic heterocycles. The van der Waals surface area contributed by atoms with Gasteiger partial charge in [0.05, 0.1) is 12.0 Å². The number of nitrogens with zero attached hydrogens (tertiary/aromatic N) is 1. The summed E-state index contributed by atoms with van der Waals surface area (Å²) < 4.78 is 5.06. The lowest BCUT2D eigenvalue weighted by Crippen LogP contribution is -2.23. The fraction of sp³-hybridized carbons (Fsp3) is 0.333. The van der Waals surface area contributed by atoms with Crippen molar-refractivity contribution in [2.24, 2.45) is 0 Å². The third-order valence-electron chi connectivity index (χ3n) is 2.99. The molecule has 0 atom stereocenters. The maximum Gasteiger partial charge on any atom is 0.261 e. The largest absolute Gasteiger partial charge is 0.481 e. The smallest absolute Gasteiger partial charge is 0.261 e. The number of hydrogen-bond donors (Lipinski definition) is 1. The van der Waals surface area contributed by atoms with Crippen molar-refractivity contribution in [2.45, 2.75) is 26.3 Å². The Labute approximate surface area is 122 Å². The lowest BCUT2D eigenvalue weighted by Gasteiger charge is -2.08. The highest BCUT2D eigenvalue weighted by Gasteiger charge is 2.15. The van der Waals surface area contributed by atoms with Gasteiger partial charge in [-0.1, -0.05) is 13.8 Å². The van der Waals surface area contributed by atoms with E-state index in [0.717, 1.165) is 16.0 Å². The number of carbonyl (C=O) groups is 1. The molecule has 0 saturated carbocycles. The maximum atomic E-state index is 12.2. The highest BCUT2D eigenvalue weighted by molar-refractivity contribution is 7.12. The number of thiophene rings is 1. The molecule has 1 N–H and O–H groups in total. The highest BCUT2D eigenvalue weighted by Crippen LogP contribution is 2.24. The molecule has 4 nitrogen and oxygen atoms in total. The predicted molar refractivity (Wildman–Crippen MR) is 80.4 cm³/mol. The lowest BCUT2D eigenvalue weighted by molar-refractivity contribution is 0.0953. The van der Waals surface area contributed by atoms with E-state index >= 15 is 0 Å². The summed E-state index contributed by atoms with van der Waals surface area (Å²) in [6.07, 6.45) is 1.67. The van der Waals surface area contributed by atoms with Gasteiger partial charge in [0, 0.05) is 18.8 Å². The molecule has 0 bridgehead atoms. The maximum absolute atomic E-state index is 12.2. The third-order valence-corrected chi connectivity index (χ3v) is 3.91. The van der Waals surface area contributed by atoms with E-state index in [4.69, 9.17) is 4.74 Å². The number of aromatic nitrogens is 1. The molecule has 2 aromatic rings. The number of amides is 1. The topological polar surface area (TPSA) is 51.2 Å². The summed E-state index contributed by atoms with van der Waals surface area (Å²) in [5.74, 6) is 0.873. The molecule has 0 radical (unpaired) electrons. The molecule has 0 aliphatic rings. The van der Waals surface area contributed by atoms with Crippen LogP contribution in [-0.2, 0) is 6.54 Å². The molecular formula is C15H18N2O2S. The number of hydrogen-bond acceptors (Lipinski definition) is 4. The summed E-state index contributed by atoms with van der Waals surface area (Å²) in [6, 6.07) is 5.69. The standard InChI is InChI=1S/C15H18N2O2S/c1-10(2)12-5-7-20-14(12)15(18)17-9-11-4-6-16-13(8-11)19-3/h4-8,10H,9H2,1-3H3,(H,17,18). The van der Waals surface area contributed by atoms with Gasteiger partial charge in [-0.25, -0.2) is 4.98 Å². The average Bonchev–Trinajstić information content (AvgIpc) is 2.94. The van der Waals surface area contributed by atoms with E-state index < -0.39 is 0 Å². The second kappa shape index (κ2) is 6.52. The van der Waals surface area contributed by atoms with Crippen LogP contribution in [0.3, 0.4) is 0 Å². The summed E-state index contributed by atoms with van der Waals surface area (Å²) >= 11 is 1.48. The minimum atomic E-state index is -0.0283. The Bertz CT molecular complexity index is 593. The Morgan fingerprint density at radius 1 is 1.45 bits per heavy atom. The summed E-state index contributed by atoms with van der Waals surface area (Å²) in [6.45, 7) is 4.65. The molecule has 5 heteroatoms. The molecule has 1 amide bonds. The molecule has 20 heavy (non-hydrogen) atoms. The van der Waals surface area contributed by atoms with E-state index in [1.807, 2.05) is 23.6 Å². The Hall–Kier alpha value is -1.88. The number of ether oxygens (including phenoxy) is 1. The summed E-state index contributed by atoms with van der Waals surface area (Å²) in [5.41, 5.74) is 2.06. The fourth-order valence-electron chi connectivity index (χ4n) is 1.89. The number of methoxy groups -OCH3 is 1. The quantitative estimate of drug-likeness (QED) is 0.920. The van der Waals surface area contributed by atoms with Gasteiger partial charge in [-0.3, -0.25) is 4.79 Å². The van der Waals surface area contributed by atoms with Crippen LogP contribution in [0.15, 0.2) is 29.8 Å². The number of pyridine rings is 1. The van der Waals surface area contributed by atoms with Gasteiger partial charge in [-0.2, -0.15) is 0 Å². The number of nitrogens with one attached hydrogen (secondary N) is 1. The summed E-state index contributed by atoms with van der Waals surface area (Å²) in [4.78, 5) is 17.0. The van der Waals surface area contributed by atoms with Crippen LogP contribution < -0.4 is 10.1 Å². The van der Waals surface area contributed by atoms with Gasteiger partial charge in [0.1, 0.15) is 0 Å². The van der Waals surface area contributed by atoms with Crippen LogP contribution in [0.25, 0.3) is 0 Å². The number of carbonyl (C=O) groups excluding carboxylic acids is 1. The van der Waals surface area contributed by atoms with Crippen molar-refractivity contribution in [1.82, 2.24) is 10.3 Å². The first kappa shape index (κ1) is 14.5. The molecule has 106 valence electrons. The van der Waals surface area contributed by atoms with Crippen LogP contribution in [0.2, 0.25) is 0 Å². The van der Waals surface area contributed by atoms with Crippen molar-refractivity contribution in [3.05, 3.63) is 45.8 Å².